The second-order valence-electron chi connectivity index (χ2n) is 6.22. The Balaban J connectivity index is 1.88. The molecule has 3 rings (SSSR count). The van der Waals surface area contributed by atoms with Crippen LogP contribution in [0.15, 0.2) is 0 Å². The molecule has 19 heavy (non-hydrogen) atoms. The Morgan fingerprint density at radius 1 is 0.737 bits per heavy atom. The minimum absolute atomic E-state index is 0.510. The molecule has 110 valence electrons. The Bertz CT molecular complexity index is 289. The van der Waals surface area contributed by atoms with Crippen molar-refractivity contribution in [3.05, 3.63) is 0 Å². The van der Waals surface area contributed by atoms with Gasteiger partial charge < -0.3 is 8.85 Å². The van der Waals surface area contributed by atoms with Crippen molar-refractivity contribution >= 4 is 8.56 Å². The smallest absolute Gasteiger partial charge is 0.342 e. The Kier molecular flexibility index (Phi) is 3.77. The van der Waals surface area contributed by atoms with Crippen molar-refractivity contribution in [2.75, 3.05) is 0 Å². The zero-order valence-electron chi connectivity index (χ0n) is 12.2. The van der Waals surface area contributed by atoms with Gasteiger partial charge in [0.15, 0.2) is 11.6 Å². The maximum Gasteiger partial charge on any atom is 0.342 e. The van der Waals surface area contributed by atoms with Gasteiger partial charge in [0.1, 0.15) is 0 Å². The zero-order valence-corrected chi connectivity index (χ0v) is 13.2. The molecule has 2 saturated carbocycles. The number of rotatable bonds is 2. The SMILES string of the molecule is CC[Si]1(CC)OC2(CCCC2)OOC2(CCCC2)O1. The third-order valence-corrected chi connectivity index (χ3v) is 8.54. The van der Waals surface area contributed by atoms with E-state index in [0.29, 0.717) is 0 Å². The molecule has 1 aliphatic heterocycles. The number of hydrogen-bond donors (Lipinski definition) is 0. The quantitative estimate of drug-likeness (QED) is 0.568. The van der Waals surface area contributed by atoms with Crippen LogP contribution in [0, 0.1) is 0 Å². The van der Waals surface area contributed by atoms with E-state index in [1.165, 1.54) is 0 Å². The normalized spacial score (nSPS) is 31.9. The van der Waals surface area contributed by atoms with Gasteiger partial charge in [-0.2, -0.15) is 9.78 Å². The van der Waals surface area contributed by atoms with E-state index >= 15 is 0 Å². The summed E-state index contributed by atoms with van der Waals surface area (Å²) < 4.78 is 13.0. The van der Waals surface area contributed by atoms with Gasteiger partial charge in [0.05, 0.1) is 0 Å². The molecule has 0 unspecified atom stereocenters. The van der Waals surface area contributed by atoms with E-state index in [2.05, 4.69) is 13.8 Å². The number of hydrogen-bond acceptors (Lipinski definition) is 4. The molecular weight excluding hydrogens is 260 g/mol. The summed E-state index contributed by atoms with van der Waals surface area (Å²) in [5, 5.41) is 0. The fourth-order valence-electron chi connectivity index (χ4n) is 3.62. The molecule has 2 spiro atoms. The summed E-state index contributed by atoms with van der Waals surface area (Å²) in [6.07, 6.45) is 8.43. The molecule has 4 nitrogen and oxygen atoms in total. The van der Waals surface area contributed by atoms with Crippen molar-refractivity contribution < 1.29 is 18.6 Å². The molecule has 1 saturated heterocycles. The molecule has 0 aromatic rings. The highest BCUT2D eigenvalue weighted by atomic mass is 28.4. The van der Waals surface area contributed by atoms with Crippen LogP contribution in [-0.4, -0.2) is 20.1 Å². The molecular formula is C14H26O4Si. The second-order valence-corrected chi connectivity index (χ2v) is 9.87. The standard InChI is InChI=1S/C14H26O4Si/c1-3-19(4-2)17-13(9-5-6-10-13)15-16-14(18-19)11-7-8-12-14/h3-12H2,1-2H3. The summed E-state index contributed by atoms with van der Waals surface area (Å²) in [6, 6.07) is 1.94. The first-order valence-electron chi connectivity index (χ1n) is 7.93. The summed E-state index contributed by atoms with van der Waals surface area (Å²) in [5.41, 5.74) is 0. The summed E-state index contributed by atoms with van der Waals surface area (Å²) >= 11 is 0. The lowest BCUT2D eigenvalue weighted by Gasteiger charge is -2.36. The fraction of sp³-hybridized carbons (Fsp3) is 1.00. The molecule has 2 aliphatic carbocycles. The molecule has 3 aliphatic rings. The largest absolute Gasteiger partial charge is 0.363 e. The van der Waals surface area contributed by atoms with Gasteiger partial charge in [-0.25, -0.2) is 0 Å². The van der Waals surface area contributed by atoms with Crippen molar-refractivity contribution in [1.82, 2.24) is 0 Å². The van der Waals surface area contributed by atoms with Gasteiger partial charge in [0.2, 0.25) is 0 Å². The molecule has 0 radical (unpaired) electrons. The van der Waals surface area contributed by atoms with Gasteiger partial charge in [0, 0.05) is 25.7 Å². The Morgan fingerprint density at radius 2 is 1.11 bits per heavy atom. The van der Waals surface area contributed by atoms with Crippen LogP contribution in [0.5, 0.6) is 0 Å². The first-order valence-corrected chi connectivity index (χ1v) is 10.2. The Labute approximate surface area is 116 Å². The van der Waals surface area contributed by atoms with Gasteiger partial charge in [-0.3, -0.25) is 0 Å². The molecule has 0 amide bonds. The van der Waals surface area contributed by atoms with E-state index in [1.54, 1.807) is 0 Å². The van der Waals surface area contributed by atoms with Crippen molar-refractivity contribution in [3.63, 3.8) is 0 Å². The lowest BCUT2D eigenvalue weighted by atomic mass is 10.2. The van der Waals surface area contributed by atoms with Crippen LogP contribution in [0.1, 0.15) is 65.2 Å². The van der Waals surface area contributed by atoms with E-state index in [4.69, 9.17) is 18.6 Å². The van der Waals surface area contributed by atoms with E-state index in [-0.39, 0.29) is 0 Å². The third-order valence-electron chi connectivity index (χ3n) is 4.90. The average Bonchev–Trinajstić information content (AvgIpc) is 3.03. The van der Waals surface area contributed by atoms with Crippen LogP contribution in [0.2, 0.25) is 12.1 Å². The molecule has 0 atom stereocenters. The van der Waals surface area contributed by atoms with Crippen LogP contribution in [0.4, 0.5) is 0 Å². The van der Waals surface area contributed by atoms with E-state index in [0.717, 1.165) is 63.5 Å². The first-order chi connectivity index (χ1) is 9.16. The van der Waals surface area contributed by atoms with Crippen LogP contribution in [0.3, 0.4) is 0 Å². The second kappa shape index (κ2) is 5.11. The van der Waals surface area contributed by atoms with Crippen LogP contribution < -0.4 is 0 Å². The minimum Gasteiger partial charge on any atom is -0.363 e. The molecule has 1 heterocycles. The van der Waals surface area contributed by atoms with Crippen LogP contribution >= 0.6 is 0 Å². The highest BCUT2D eigenvalue weighted by Gasteiger charge is 2.56. The highest BCUT2D eigenvalue weighted by molar-refractivity contribution is 6.67. The van der Waals surface area contributed by atoms with E-state index in [9.17, 15) is 0 Å². The van der Waals surface area contributed by atoms with Gasteiger partial charge in [0.25, 0.3) is 0 Å². The fourth-order valence-corrected chi connectivity index (χ4v) is 6.57. The zero-order chi connectivity index (χ0) is 13.4. The van der Waals surface area contributed by atoms with Crippen molar-refractivity contribution in [3.8, 4) is 0 Å². The first kappa shape index (κ1) is 14.0. The molecule has 5 heteroatoms. The van der Waals surface area contributed by atoms with Gasteiger partial charge in [-0.1, -0.05) is 13.8 Å². The Hall–Kier alpha value is 0.0569. The monoisotopic (exact) mass is 286 g/mol. The summed E-state index contributed by atoms with van der Waals surface area (Å²) in [6.45, 7) is 4.37. The van der Waals surface area contributed by atoms with Crippen molar-refractivity contribution in [2.45, 2.75) is 88.9 Å². The summed E-state index contributed by atoms with van der Waals surface area (Å²) in [4.78, 5) is 11.7. The molecule has 0 aromatic heterocycles. The van der Waals surface area contributed by atoms with Gasteiger partial charge >= 0.3 is 8.56 Å². The topological polar surface area (TPSA) is 36.9 Å². The predicted octanol–water partition coefficient (Wildman–Crippen LogP) is 4.00. The van der Waals surface area contributed by atoms with Gasteiger partial charge in [-0.05, 0) is 37.8 Å². The molecule has 3 fully saturated rings. The maximum atomic E-state index is 6.50. The molecule has 0 aromatic carbocycles. The highest BCUT2D eigenvalue weighted by Crippen LogP contribution is 2.47. The molecule has 0 N–H and O–H groups in total. The summed E-state index contributed by atoms with van der Waals surface area (Å²) in [5.74, 6) is -1.02. The summed E-state index contributed by atoms with van der Waals surface area (Å²) in [7, 11) is -2.21. The average molecular weight is 286 g/mol. The maximum absolute atomic E-state index is 6.50. The minimum atomic E-state index is -2.21. The molecule has 0 bridgehead atoms. The predicted molar refractivity (Wildman–Crippen MR) is 73.5 cm³/mol. The lowest BCUT2D eigenvalue weighted by molar-refractivity contribution is -0.465. The lowest BCUT2D eigenvalue weighted by Crippen LogP contribution is -2.50. The van der Waals surface area contributed by atoms with Crippen LogP contribution in [0.25, 0.3) is 0 Å². The van der Waals surface area contributed by atoms with Crippen molar-refractivity contribution in [1.29, 1.82) is 0 Å². The van der Waals surface area contributed by atoms with E-state index in [1.807, 2.05) is 0 Å². The van der Waals surface area contributed by atoms with Gasteiger partial charge in [-0.15, -0.1) is 0 Å². The Morgan fingerprint density at radius 3 is 1.42 bits per heavy atom. The van der Waals surface area contributed by atoms with E-state index < -0.39 is 20.1 Å². The van der Waals surface area contributed by atoms with Crippen LogP contribution in [-0.2, 0) is 18.6 Å². The van der Waals surface area contributed by atoms with Crippen molar-refractivity contribution in [2.24, 2.45) is 0 Å². The third kappa shape index (κ3) is 2.51.